The average Bonchev–Trinajstić information content (AvgIpc) is 3.09. The highest BCUT2D eigenvalue weighted by Crippen LogP contribution is 2.31. The zero-order valence-corrected chi connectivity index (χ0v) is 17.8. The van der Waals surface area contributed by atoms with E-state index in [0.29, 0.717) is 43.7 Å². The van der Waals surface area contributed by atoms with Crippen LogP contribution in [-0.4, -0.2) is 55.8 Å². The van der Waals surface area contributed by atoms with Crippen LogP contribution in [0.1, 0.15) is 28.8 Å². The number of nitrogens with zero attached hydrogens (tertiary/aromatic N) is 2. The van der Waals surface area contributed by atoms with Crippen LogP contribution >= 0.6 is 0 Å². The van der Waals surface area contributed by atoms with Crippen LogP contribution in [0.3, 0.4) is 0 Å². The maximum absolute atomic E-state index is 12.8. The molecule has 0 aromatic heterocycles. The minimum Gasteiger partial charge on any atom is -0.368 e. The van der Waals surface area contributed by atoms with Crippen LogP contribution < -0.4 is 10.0 Å². The average molecular weight is 441 g/mol. The second kappa shape index (κ2) is 7.65. The van der Waals surface area contributed by atoms with Crippen molar-refractivity contribution in [2.45, 2.75) is 30.4 Å². The topological polar surface area (TPSA) is 98.8 Å². The number of nitrogens with one attached hydrogen (secondary N) is 2. The highest BCUT2D eigenvalue weighted by Gasteiger charge is 2.36. The number of carbonyl (C=O) groups is 2. The summed E-state index contributed by atoms with van der Waals surface area (Å²) in [5.41, 5.74) is 2.23. The Morgan fingerprint density at radius 2 is 1.74 bits per heavy atom. The molecule has 1 unspecified atom stereocenters. The zero-order valence-electron chi connectivity index (χ0n) is 17.0. The molecule has 3 aliphatic rings. The van der Waals surface area contributed by atoms with Crippen molar-refractivity contribution in [1.29, 1.82) is 0 Å². The maximum Gasteiger partial charge on any atom is 0.254 e. The molecule has 0 bridgehead atoms. The molecule has 0 spiro atoms. The van der Waals surface area contributed by atoms with Crippen molar-refractivity contribution in [1.82, 2.24) is 14.5 Å². The molecular formula is C22H24N4O4S. The zero-order chi connectivity index (χ0) is 21.6. The number of fused-ring (bicyclic) bond motifs is 2. The van der Waals surface area contributed by atoms with Gasteiger partial charge < -0.3 is 15.1 Å². The molecule has 3 aliphatic heterocycles. The van der Waals surface area contributed by atoms with Crippen molar-refractivity contribution in [3.8, 4) is 0 Å². The number of para-hydroxylation sites is 1. The summed E-state index contributed by atoms with van der Waals surface area (Å²) >= 11 is 0. The smallest absolute Gasteiger partial charge is 0.254 e. The van der Waals surface area contributed by atoms with Gasteiger partial charge in [0.25, 0.3) is 5.91 Å². The molecule has 3 heterocycles. The Hall–Kier alpha value is -2.91. The molecule has 0 aliphatic carbocycles. The Morgan fingerprint density at radius 1 is 1.03 bits per heavy atom. The summed E-state index contributed by atoms with van der Waals surface area (Å²) in [6, 6.07) is 14.3. The molecule has 0 radical (unpaired) electrons. The number of piperidine rings is 1. The van der Waals surface area contributed by atoms with E-state index in [2.05, 4.69) is 10.0 Å². The van der Waals surface area contributed by atoms with E-state index in [1.54, 1.807) is 34.1 Å². The van der Waals surface area contributed by atoms with E-state index in [4.69, 9.17) is 0 Å². The first-order chi connectivity index (χ1) is 14.9. The van der Waals surface area contributed by atoms with Gasteiger partial charge in [0.1, 0.15) is 11.4 Å². The van der Waals surface area contributed by atoms with Crippen molar-refractivity contribution < 1.29 is 18.0 Å². The quantitative estimate of drug-likeness (QED) is 0.756. The van der Waals surface area contributed by atoms with E-state index in [9.17, 15) is 18.0 Å². The fourth-order valence-corrected chi connectivity index (χ4v) is 6.04. The Labute approximate surface area is 181 Å². The molecule has 31 heavy (non-hydrogen) atoms. The predicted octanol–water partition coefficient (Wildman–Crippen LogP) is 1.61. The van der Waals surface area contributed by atoms with Gasteiger partial charge in [-0.25, -0.2) is 8.42 Å². The minimum absolute atomic E-state index is 0.0675. The van der Waals surface area contributed by atoms with Gasteiger partial charge in [-0.1, -0.05) is 30.3 Å². The fraction of sp³-hybridized carbons (Fsp3) is 0.364. The van der Waals surface area contributed by atoms with Crippen LogP contribution in [0.15, 0.2) is 53.4 Å². The van der Waals surface area contributed by atoms with Crippen LogP contribution in [0, 0.1) is 5.92 Å². The molecule has 2 N–H and O–H groups in total. The van der Waals surface area contributed by atoms with Crippen molar-refractivity contribution in [2.75, 3.05) is 25.0 Å². The molecule has 0 saturated carbocycles. The van der Waals surface area contributed by atoms with Crippen LogP contribution in [0.4, 0.5) is 5.69 Å². The Morgan fingerprint density at radius 3 is 2.52 bits per heavy atom. The van der Waals surface area contributed by atoms with Gasteiger partial charge in [-0.15, -0.1) is 0 Å². The van der Waals surface area contributed by atoms with E-state index >= 15 is 0 Å². The highest BCUT2D eigenvalue weighted by molar-refractivity contribution is 7.89. The number of hydrogen-bond donors (Lipinski definition) is 2. The Balaban J connectivity index is 1.19. The number of likely N-dealkylation sites (tertiary alicyclic amines) is 1. The maximum atomic E-state index is 12.8. The normalized spacial score (nSPS) is 22.6. The number of rotatable bonds is 3. The number of hydrogen-bond acceptors (Lipinski definition) is 5. The number of anilines is 1. The minimum atomic E-state index is -3.56. The third kappa shape index (κ3) is 3.68. The lowest BCUT2D eigenvalue weighted by Crippen LogP contribution is -2.53. The van der Waals surface area contributed by atoms with Crippen LogP contribution in [-0.2, 0) is 21.4 Å². The molecule has 2 aromatic carbocycles. The highest BCUT2D eigenvalue weighted by atomic mass is 32.2. The van der Waals surface area contributed by atoms with E-state index in [-0.39, 0.29) is 29.2 Å². The standard InChI is InChI=1S/C22H24N4O4S/c27-20(14-26-13-16-5-1-2-6-17(16)22(26)28)25-11-9-15(10-12-25)21-23-18-7-3-4-8-19(18)31(29,30)24-21/h1-8,15,21,23-24H,9-14H2. The van der Waals surface area contributed by atoms with Crippen LogP contribution in [0.5, 0.6) is 0 Å². The van der Waals surface area contributed by atoms with Gasteiger partial charge in [0.2, 0.25) is 15.9 Å². The van der Waals surface area contributed by atoms with Gasteiger partial charge in [0.05, 0.1) is 11.9 Å². The van der Waals surface area contributed by atoms with Crippen molar-refractivity contribution in [2.24, 2.45) is 5.92 Å². The van der Waals surface area contributed by atoms with Crippen molar-refractivity contribution >= 4 is 27.5 Å². The Kier molecular flexibility index (Phi) is 4.94. The SMILES string of the molecule is O=C(CN1Cc2ccccc2C1=O)N1CCC(C2Nc3ccccc3S(=O)(=O)N2)CC1. The number of carbonyl (C=O) groups excluding carboxylic acids is 2. The molecule has 1 saturated heterocycles. The first-order valence-corrected chi connectivity index (χ1v) is 11.9. The molecule has 9 heteroatoms. The summed E-state index contributed by atoms with van der Waals surface area (Å²) in [6.07, 6.45) is 0.969. The van der Waals surface area contributed by atoms with Gasteiger partial charge in [0, 0.05) is 25.2 Å². The van der Waals surface area contributed by atoms with Gasteiger partial charge in [-0.3, -0.25) is 9.59 Å². The summed E-state index contributed by atoms with van der Waals surface area (Å²) in [7, 11) is -3.56. The summed E-state index contributed by atoms with van der Waals surface area (Å²) in [5.74, 6) is -0.0923. The number of benzene rings is 2. The lowest BCUT2D eigenvalue weighted by molar-refractivity contribution is -0.133. The van der Waals surface area contributed by atoms with Gasteiger partial charge in [0.15, 0.2) is 0 Å². The molecule has 162 valence electrons. The summed E-state index contributed by atoms with van der Waals surface area (Å²) < 4.78 is 27.9. The Bertz CT molecular complexity index is 1140. The second-order valence-electron chi connectivity index (χ2n) is 8.28. The molecule has 2 aromatic rings. The lowest BCUT2D eigenvalue weighted by Gasteiger charge is -2.39. The first-order valence-electron chi connectivity index (χ1n) is 10.5. The van der Waals surface area contributed by atoms with Crippen molar-refractivity contribution in [3.05, 3.63) is 59.7 Å². The van der Waals surface area contributed by atoms with Crippen molar-refractivity contribution in [3.63, 3.8) is 0 Å². The summed E-state index contributed by atoms with van der Waals surface area (Å²) in [4.78, 5) is 28.9. The lowest BCUT2D eigenvalue weighted by atomic mass is 9.93. The second-order valence-corrected chi connectivity index (χ2v) is 9.96. The molecule has 8 nitrogen and oxygen atoms in total. The van der Waals surface area contributed by atoms with Crippen LogP contribution in [0.25, 0.3) is 0 Å². The molecule has 5 rings (SSSR count). The fourth-order valence-electron chi connectivity index (χ4n) is 4.65. The van der Waals surface area contributed by atoms with E-state index in [0.717, 1.165) is 5.56 Å². The summed E-state index contributed by atoms with van der Waals surface area (Å²) in [6.45, 7) is 1.62. The summed E-state index contributed by atoms with van der Waals surface area (Å²) in [5, 5.41) is 3.29. The third-order valence-electron chi connectivity index (χ3n) is 6.36. The van der Waals surface area contributed by atoms with Gasteiger partial charge in [-0.05, 0) is 42.5 Å². The largest absolute Gasteiger partial charge is 0.368 e. The van der Waals surface area contributed by atoms with E-state index in [1.165, 1.54) is 0 Å². The van der Waals surface area contributed by atoms with Gasteiger partial charge in [-0.2, -0.15) is 4.72 Å². The van der Waals surface area contributed by atoms with E-state index in [1.807, 2.05) is 24.3 Å². The molecule has 1 fully saturated rings. The molecule has 2 amide bonds. The van der Waals surface area contributed by atoms with Crippen LogP contribution in [0.2, 0.25) is 0 Å². The first kappa shape index (κ1) is 20.0. The van der Waals surface area contributed by atoms with E-state index < -0.39 is 16.2 Å². The number of sulfonamides is 1. The van der Waals surface area contributed by atoms with Gasteiger partial charge >= 0.3 is 0 Å². The molecular weight excluding hydrogens is 416 g/mol. The number of amides is 2. The predicted molar refractivity (Wildman–Crippen MR) is 115 cm³/mol. The molecule has 1 atom stereocenters. The monoisotopic (exact) mass is 440 g/mol. The third-order valence-corrected chi connectivity index (χ3v) is 7.85.